The van der Waals surface area contributed by atoms with E-state index in [-0.39, 0.29) is 0 Å². The Kier molecular flexibility index (Phi) is 8.39. The average molecular weight is 791 g/mol. The van der Waals surface area contributed by atoms with Crippen LogP contribution in [0, 0.1) is 0 Å². The molecule has 0 atom stereocenters. The van der Waals surface area contributed by atoms with E-state index < -0.39 is 5.41 Å². The predicted octanol–water partition coefficient (Wildman–Crippen LogP) is 15.1. The summed E-state index contributed by atoms with van der Waals surface area (Å²) in [4.78, 5) is 10.6. The number of aromatic nitrogens is 2. The normalized spacial score (nSPS) is 12.6. The molecule has 0 spiro atoms. The summed E-state index contributed by atoms with van der Waals surface area (Å²) < 4.78 is 6.52. The van der Waals surface area contributed by atoms with Crippen molar-refractivity contribution < 1.29 is 4.42 Å². The van der Waals surface area contributed by atoms with Gasteiger partial charge in [0, 0.05) is 33.0 Å². The van der Waals surface area contributed by atoms with Crippen LogP contribution < -0.4 is 0 Å². The van der Waals surface area contributed by atoms with Crippen LogP contribution in [0.25, 0.3) is 89.2 Å². The highest BCUT2D eigenvalue weighted by Crippen LogP contribution is 2.56. The van der Waals surface area contributed by atoms with Gasteiger partial charge in [-0.05, 0) is 74.3 Å². The molecule has 11 aromatic rings. The molecule has 9 aromatic carbocycles. The second-order valence-electron chi connectivity index (χ2n) is 16.0. The van der Waals surface area contributed by atoms with Gasteiger partial charge in [-0.2, -0.15) is 0 Å². The number of benzene rings is 9. The van der Waals surface area contributed by atoms with E-state index in [9.17, 15) is 0 Å². The minimum atomic E-state index is -0.467. The maximum Gasteiger partial charge on any atom is 0.160 e. The second kappa shape index (κ2) is 14.5. The van der Waals surface area contributed by atoms with Crippen LogP contribution in [0.15, 0.2) is 235 Å². The van der Waals surface area contributed by atoms with Gasteiger partial charge in [0.15, 0.2) is 5.82 Å². The number of furan rings is 1. The Bertz CT molecular complexity index is 3420. The molecule has 62 heavy (non-hydrogen) atoms. The molecule has 1 aliphatic carbocycles. The first-order chi connectivity index (χ1) is 30.7. The lowest BCUT2D eigenvalue weighted by Crippen LogP contribution is -2.28. The Morgan fingerprint density at radius 2 is 0.855 bits per heavy atom. The monoisotopic (exact) mass is 790 g/mol. The molecule has 1 aliphatic rings. The summed E-state index contributed by atoms with van der Waals surface area (Å²) in [6, 6.07) is 82.1. The molecule has 0 N–H and O–H groups in total. The Morgan fingerprint density at radius 1 is 0.323 bits per heavy atom. The first kappa shape index (κ1) is 35.8. The molecule has 0 radical (unpaired) electrons. The summed E-state index contributed by atoms with van der Waals surface area (Å²) in [5.74, 6) is 0.685. The molecule has 3 heteroatoms. The summed E-state index contributed by atoms with van der Waals surface area (Å²) in [7, 11) is 0. The standard InChI is InChI=1S/C59H38N2O/c1-4-18-39(19-5-1)58-60-54(41-21-16-20-40(36-41)45-26-10-11-27-46(45)49-30-17-31-50-48-29-13-15-33-56(48)62-57(49)50)38-55(61-58)42-34-35-53-51(37-42)47-28-12-14-32-52(47)59(53,43-22-6-2-7-23-43)44-24-8-3-9-25-44/h1-38H. The molecule has 2 heterocycles. The van der Waals surface area contributed by atoms with Crippen molar-refractivity contribution in [3.05, 3.63) is 253 Å². The van der Waals surface area contributed by atoms with Gasteiger partial charge in [0.1, 0.15) is 11.2 Å². The average Bonchev–Trinajstić information content (AvgIpc) is 3.89. The summed E-state index contributed by atoms with van der Waals surface area (Å²) >= 11 is 0. The van der Waals surface area contributed by atoms with Crippen LogP contribution in [0.5, 0.6) is 0 Å². The lowest BCUT2D eigenvalue weighted by atomic mass is 9.67. The van der Waals surface area contributed by atoms with E-state index in [1.54, 1.807) is 0 Å². The third-order valence-electron chi connectivity index (χ3n) is 12.6. The van der Waals surface area contributed by atoms with E-state index >= 15 is 0 Å². The van der Waals surface area contributed by atoms with Crippen molar-refractivity contribution in [2.45, 2.75) is 5.41 Å². The quantitative estimate of drug-likeness (QED) is 0.161. The zero-order valence-electron chi connectivity index (χ0n) is 33.7. The molecule has 3 nitrogen and oxygen atoms in total. The van der Waals surface area contributed by atoms with Crippen LogP contribution in [0.4, 0.5) is 0 Å². The third kappa shape index (κ3) is 5.67. The fraction of sp³-hybridized carbons (Fsp3) is 0.0169. The van der Waals surface area contributed by atoms with E-state index in [0.717, 1.165) is 72.3 Å². The molecule has 0 saturated carbocycles. The number of hydrogen-bond acceptors (Lipinski definition) is 3. The van der Waals surface area contributed by atoms with Crippen LogP contribution in [0.1, 0.15) is 22.3 Å². The van der Waals surface area contributed by atoms with E-state index in [0.29, 0.717) is 5.82 Å². The molecular formula is C59H38N2O. The minimum Gasteiger partial charge on any atom is -0.455 e. The van der Waals surface area contributed by atoms with Gasteiger partial charge in [0.25, 0.3) is 0 Å². The van der Waals surface area contributed by atoms with Crippen LogP contribution in [0.3, 0.4) is 0 Å². The van der Waals surface area contributed by atoms with Gasteiger partial charge in [-0.25, -0.2) is 9.97 Å². The fourth-order valence-corrected chi connectivity index (χ4v) is 9.84. The molecule has 0 fully saturated rings. The lowest BCUT2D eigenvalue weighted by molar-refractivity contribution is 0.670. The fourth-order valence-electron chi connectivity index (χ4n) is 9.84. The summed E-state index contributed by atoms with van der Waals surface area (Å²) in [5.41, 5.74) is 18.0. The van der Waals surface area contributed by atoms with Gasteiger partial charge >= 0.3 is 0 Å². The minimum absolute atomic E-state index is 0.467. The lowest BCUT2D eigenvalue weighted by Gasteiger charge is -2.33. The maximum absolute atomic E-state index is 6.52. The Morgan fingerprint density at radius 3 is 1.61 bits per heavy atom. The Hall–Kier alpha value is -8.14. The SMILES string of the molecule is c1ccc(-c2nc(-c3cccc(-c4ccccc4-c4cccc5c4oc4ccccc45)c3)cc(-c3ccc4c(c3)-c3ccccc3C4(c3ccccc3)c3ccccc3)n2)cc1. The van der Waals surface area contributed by atoms with Crippen molar-refractivity contribution in [1.29, 1.82) is 0 Å². The smallest absolute Gasteiger partial charge is 0.160 e. The number of fused-ring (bicyclic) bond motifs is 6. The van der Waals surface area contributed by atoms with Crippen LogP contribution >= 0.6 is 0 Å². The van der Waals surface area contributed by atoms with Crippen molar-refractivity contribution >= 4 is 21.9 Å². The second-order valence-corrected chi connectivity index (χ2v) is 16.0. The van der Waals surface area contributed by atoms with E-state index in [1.165, 1.54) is 33.4 Å². The Balaban J connectivity index is 1.02. The topological polar surface area (TPSA) is 38.9 Å². The van der Waals surface area contributed by atoms with Gasteiger partial charge in [-0.1, -0.05) is 206 Å². The molecule has 0 bridgehead atoms. The molecule has 290 valence electrons. The molecule has 0 unspecified atom stereocenters. The molecule has 12 rings (SSSR count). The first-order valence-corrected chi connectivity index (χ1v) is 21.1. The summed E-state index contributed by atoms with van der Waals surface area (Å²) in [6.07, 6.45) is 0. The van der Waals surface area contributed by atoms with Crippen LogP contribution in [-0.4, -0.2) is 9.97 Å². The van der Waals surface area contributed by atoms with Gasteiger partial charge in [0.05, 0.1) is 16.8 Å². The number of para-hydroxylation sites is 2. The highest BCUT2D eigenvalue weighted by molar-refractivity contribution is 6.10. The summed E-state index contributed by atoms with van der Waals surface area (Å²) in [5, 5.41) is 2.24. The van der Waals surface area contributed by atoms with E-state index in [4.69, 9.17) is 14.4 Å². The Labute approximate surface area is 360 Å². The van der Waals surface area contributed by atoms with Crippen LogP contribution in [0.2, 0.25) is 0 Å². The predicted molar refractivity (Wildman–Crippen MR) is 254 cm³/mol. The zero-order valence-corrected chi connectivity index (χ0v) is 33.7. The maximum atomic E-state index is 6.52. The highest BCUT2D eigenvalue weighted by Gasteiger charge is 2.46. The zero-order chi connectivity index (χ0) is 41.0. The largest absolute Gasteiger partial charge is 0.455 e. The number of rotatable bonds is 7. The first-order valence-electron chi connectivity index (χ1n) is 21.1. The van der Waals surface area contributed by atoms with Crippen molar-refractivity contribution in [3.8, 4) is 67.3 Å². The van der Waals surface area contributed by atoms with Crippen molar-refractivity contribution in [2.75, 3.05) is 0 Å². The molecule has 2 aromatic heterocycles. The highest BCUT2D eigenvalue weighted by atomic mass is 16.3. The molecule has 0 aliphatic heterocycles. The van der Waals surface area contributed by atoms with Crippen molar-refractivity contribution in [2.24, 2.45) is 0 Å². The van der Waals surface area contributed by atoms with Gasteiger partial charge in [-0.3, -0.25) is 0 Å². The van der Waals surface area contributed by atoms with Crippen molar-refractivity contribution in [3.63, 3.8) is 0 Å². The van der Waals surface area contributed by atoms with E-state index in [2.05, 4.69) is 200 Å². The number of hydrogen-bond donors (Lipinski definition) is 0. The molecular weight excluding hydrogens is 753 g/mol. The summed E-state index contributed by atoms with van der Waals surface area (Å²) in [6.45, 7) is 0. The number of nitrogens with zero attached hydrogens (tertiary/aromatic N) is 2. The third-order valence-corrected chi connectivity index (χ3v) is 12.6. The molecule has 0 saturated heterocycles. The van der Waals surface area contributed by atoms with Crippen molar-refractivity contribution in [1.82, 2.24) is 9.97 Å². The van der Waals surface area contributed by atoms with Gasteiger partial charge < -0.3 is 4.42 Å². The van der Waals surface area contributed by atoms with E-state index in [1.807, 2.05) is 30.3 Å². The van der Waals surface area contributed by atoms with Gasteiger partial charge in [-0.15, -0.1) is 0 Å². The van der Waals surface area contributed by atoms with Gasteiger partial charge in [0.2, 0.25) is 0 Å². The van der Waals surface area contributed by atoms with Crippen LogP contribution in [-0.2, 0) is 5.41 Å². The molecule has 0 amide bonds.